The highest BCUT2D eigenvalue weighted by molar-refractivity contribution is 6.04. The van der Waals surface area contributed by atoms with Gasteiger partial charge in [-0.1, -0.05) is 13.0 Å². The fraction of sp³-hybridized carbons (Fsp3) is 0.200. The molecule has 0 aliphatic carbocycles. The Labute approximate surface area is 140 Å². The molecule has 3 rings (SSSR count). The molecule has 0 bridgehead atoms. The zero-order chi connectivity index (χ0) is 17.1. The molecule has 3 aromatic rings. The van der Waals surface area contributed by atoms with Crippen molar-refractivity contribution < 1.29 is 14.6 Å². The van der Waals surface area contributed by atoms with Gasteiger partial charge < -0.3 is 9.84 Å². The fourth-order valence-corrected chi connectivity index (χ4v) is 2.71. The molecule has 0 radical (unpaired) electrons. The highest BCUT2D eigenvalue weighted by Gasteiger charge is 2.13. The number of benzene rings is 2. The minimum Gasteiger partial charge on any atom is -0.494 e. The Morgan fingerprint density at radius 1 is 1.08 bits per heavy atom. The third-order valence-electron chi connectivity index (χ3n) is 3.97. The zero-order valence-electron chi connectivity index (χ0n) is 13.7. The molecule has 2 aromatic carbocycles. The Hall–Kier alpha value is -2.88. The van der Waals surface area contributed by atoms with Crippen LogP contribution in [0.15, 0.2) is 48.5 Å². The van der Waals surface area contributed by atoms with Gasteiger partial charge in [0.25, 0.3) is 0 Å². The number of pyridine rings is 1. The molecule has 0 amide bonds. The van der Waals surface area contributed by atoms with Crippen molar-refractivity contribution >= 4 is 16.9 Å². The van der Waals surface area contributed by atoms with E-state index in [1.165, 1.54) is 0 Å². The molecular weight excluding hydrogens is 302 g/mol. The van der Waals surface area contributed by atoms with Crippen molar-refractivity contribution in [2.24, 2.45) is 0 Å². The quantitative estimate of drug-likeness (QED) is 0.748. The summed E-state index contributed by atoms with van der Waals surface area (Å²) in [5.74, 6) is -0.157. The highest BCUT2D eigenvalue weighted by Crippen LogP contribution is 2.27. The number of hydrogen-bond donors (Lipinski definition) is 1. The number of aromatic carboxylic acids is 1. The van der Waals surface area contributed by atoms with Crippen LogP contribution in [0.3, 0.4) is 0 Å². The minimum absolute atomic E-state index is 0.277. The van der Waals surface area contributed by atoms with Gasteiger partial charge in [-0.3, -0.25) is 0 Å². The van der Waals surface area contributed by atoms with Gasteiger partial charge in [-0.2, -0.15) is 0 Å². The Bertz CT molecular complexity index is 885. The van der Waals surface area contributed by atoms with Crippen molar-refractivity contribution in [2.75, 3.05) is 6.61 Å². The maximum atomic E-state index is 11.7. The van der Waals surface area contributed by atoms with Gasteiger partial charge in [0.2, 0.25) is 0 Å². The Balaban J connectivity index is 2.13. The number of carboxylic acid groups (broad SMARTS) is 1. The van der Waals surface area contributed by atoms with Crippen LogP contribution in [0.2, 0.25) is 0 Å². The van der Waals surface area contributed by atoms with Gasteiger partial charge in [-0.25, -0.2) is 9.78 Å². The van der Waals surface area contributed by atoms with Gasteiger partial charge in [0.05, 0.1) is 23.4 Å². The molecule has 0 fully saturated rings. The van der Waals surface area contributed by atoms with E-state index in [0.717, 1.165) is 23.3 Å². The van der Waals surface area contributed by atoms with E-state index in [-0.39, 0.29) is 5.56 Å². The summed E-state index contributed by atoms with van der Waals surface area (Å²) in [5.41, 5.74) is 3.57. The molecule has 0 saturated heterocycles. The van der Waals surface area contributed by atoms with E-state index in [9.17, 15) is 9.90 Å². The average molecular weight is 321 g/mol. The molecule has 1 N–H and O–H groups in total. The summed E-state index contributed by atoms with van der Waals surface area (Å²) in [6, 6.07) is 14.9. The predicted molar refractivity (Wildman–Crippen MR) is 94.7 cm³/mol. The molecule has 4 heteroatoms. The number of aryl methyl sites for hydroxylation is 1. The first-order valence-corrected chi connectivity index (χ1v) is 8.02. The lowest BCUT2D eigenvalue weighted by Crippen LogP contribution is -2.01. The van der Waals surface area contributed by atoms with Crippen LogP contribution in [0, 0.1) is 0 Å². The highest BCUT2D eigenvalue weighted by atomic mass is 16.5. The first-order valence-electron chi connectivity index (χ1n) is 8.02. The molecule has 24 heavy (non-hydrogen) atoms. The number of aromatic nitrogens is 1. The van der Waals surface area contributed by atoms with E-state index >= 15 is 0 Å². The largest absolute Gasteiger partial charge is 0.494 e. The summed E-state index contributed by atoms with van der Waals surface area (Å²) in [6.45, 7) is 4.59. The van der Waals surface area contributed by atoms with Crippen LogP contribution in [0.4, 0.5) is 0 Å². The molecule has 1 heterocycles. The Morgan fingerprint density at radius 3 is 2.46 bits per heavy atom. The molecule has 0 aliphatic heterocycles. The third kappa shape index (κ3) is 3.08. The van der Waals surface area contributed by atoms with Crippen LogP contribution in [-0.2, 0) is 6.42 Å². The molecule has 0 atom stereocenters. The Kier molecular flexibility index (Phi) is 4.47. The normalized spacial score (nSPS) is 10.8. The van der Waals surface area contributed by atoms with E-state index in [1.807, 2.05) is 56.3 Å². The van der Waals surface area contributed by atoms with Crippen molar-refractivity contribution in [1.29, 1.82) is 0 Å². The minimum atomic E-state index is -0.942. The van der Waals surface area contributed by atoms with E-state index < -0.39 is 5.97 Å². The summed E-state index contributed by atoms with van der Waals surface area (Å²) in [6.07, 6.45) is 0.857. The number of hydrogen-bond acceptors (Lipinski definition) is 3. The second-order valence-corrected chi connectivity index (χ2v) is 5.52. The van der Waals surface area contributed by atoms with Gasteiger partial charge >= 0.3 is 5.97 Å². The van der Waals surface area contributed by atoms with Crippen LogP contribution in [0.5, 0.6) is 5.75 Å². The van der Waals surface area contributed by atoms with Gasteiger partial charge in [0, 0.05) is 10.9 Å². The standard InChI is InChI=1S/C20H19NO3/c1-3-13-5-10-18-16(11-13)17(20(22)23)12-19(21-18)14-6-8-15(9-7-14)24-4-2/h5-12H,3-4H2,1-2H3,(H,22,23). The van der Waals surface area contributed by atoms with Gasteiger partial charge in [-0.15, -0.1) is 0 Å². The van der Waals surface area contributed by atoms with Gasteiger partial charge in [0.15, 0.2) is 0 Å². The van der Waals surface area contributed by atoms with Crippen molar-refractivity contribution in [1.82, 2.24) is 4.98 Å². The lowest BCUT2D eigenvalue weighted by molar-refractivity contribution is 0.0699. The van der Waals surface area contributed by atoms with Crippen LogP contribution >= 0.6 is 0 Å². The van der Waals surface area contributed by atoms with Crippen LogP contribution in [-0.4, -0.2) is 22.7 Å². The molecule has 4 nitrogen and oxygen atoms in total. The first-order chi connectivity index (χ1) is 11.6. The van der Waals surface area contributed by atoms with E-state index in [0.29, 0.717) is 23.2 Å². The van der Waals surface area contributed by atoms with Crippen molar-refractivity contribution in [2.45, 2.75) is 20.3 Å². The summed E-state index contributed by atoms with van der Waals surface area (Å²) in [7, 11) is 0. The van der Waals surface area contributed by atoms with E-state index in [4.69, 9.17) is 4.74 Å². The van der Waals surface area contributed by atoms with Crippen molar-refractivity contribution in [3.05, 3.63) is 59.7 Å². The average Bonchev–Trinajstić information content (AvgIpc) is 2.61. The first kappa shape index (κ1) is 16.0. The lowest BCUT2D eigenvalue weighted by Gasteiger charge is -2.09. The molecular formula is C20H19NO3. The maximum Gasteiger partial charge on any atom is 0.336 e. The Morgan fingerprint density at radius 2 is 1.83 bits per heavy atom. The summed E-state index contributed by atoms with van der Waals surface area (Å²) in [4.78, 5) is 16.3. The number of rotatable bonds is 5. The fourth-order valence-electron chi connectivity index (χ4n) is 2.71. The van der Waals surface area contributed by atoms with E-state index in [1.54, 1.807) is 6.07 Å². The second kappa shape index (κ2) is 6.71. The smallest absolute Gasteiger partial charge is 0.336 e. The topological polar surface area (TPSA) is 59.4 Å². The predicted octanol–water partition coefficient (Wildman–Crippen LogP) is 4.56. The van der Waals surface area contributed by atoms with Crippen LogP contribution < -0.4 is 4.74 Å². The lowest BCUT2D eigenvalue weighted by atomic mass is 10.0. The number of fused-ring (bicyclic) bond motifs is 1. The molecule has 0 spiro atoms. The zero-order valence-corrected chi connectivity index (χ0v) is 13.7. The summed E-state index contributed by atoms with van der Waals surface area (Å²) >= 11 is 0. The molecule has 0 unspecified atom stereocenters. The number of ether oxygens (including phenoxy) is 1. The molecule has 1 aromatic heterocycles. The summed E-state index contributed by atoms with van der Waals surface area (Å²) in [5, 5.41) is 10.3. The number of nitrogens with zero attached hydrogens (tertiary/aromatic N) is 1. The van der Waals surface area contributed by atoms with Crippen LogP contribution in [0.1, 0.15) is 29.8 Å². The SMILES string of the molecule is CCOc1ccc(-c2cc(C(=O)O)c3cc(CC)ccc3n2)cc1. The summed E-state index contributed by atoms with van der Waals surface area (Å²) < 4.78 is 5.44. The number of carboxylic acids is 1. The molecule has 0 aliphatic rings. The van der Waals surface area contributed by atoms with Crippen LogP contribution in [0.25, 0.3) is 22.2 Å². The number of carbonyl (C=O) groups is 1. The second-order valence-electron chi connectivity index (χ2n) is 5.52. The molecule has 0 saturated carbocycles. The third-order valence-corrected chi connectivity index (χ3v) is 3.97. The van der Waals surface area contributed by atoms with Gasteiger partial charge in [0.1, 0.15) is 5.75 Å². The monoisotopic (exact) mass is 321 g/mol. The van der Waals surface area contributed by atoms with E-state index in [2.05, 4.69) is 4.98 Å². The molecule has 122 valence electrons. The van der Waals surface area contributed by atoms with Crippen molar-refractivity contribution in [3.8, 4) is 17.0 Å². The van der Waals surface area contributed by atoms with Gasteiger partial charge in [-0.05, 0) is 61.4 Å². The van der Waals surface area contributed by atoms with Crippen molar-refractivity contribution in [3.63, 3.8) is 0 Å². The maximum absolute atomic E-state index is 11.7.